The predicted molar refractivity (Wildman–Crippen MR) is 95.2 cm³/mol. The normalized spacial score (nSPS) is 52.4. The molecule has 0 heterocycles. The van der Waals surface area contributed by atoms with E-state index in [0.717, 1.165) is 30.6 Å². The third kappa shape index (κ3) is 1.97. The van der Waals surface area contributed by atoms with Crippen molar-refractivity contribution in [2.45, 2.75) is 64.9 Å². The second-order valence-corrected chi connectivity index (χ2v) is 9.56. The van der Waals surface area contributed by atoms with Gasteiger partial charge in [-0.05, 0) is 94.3 Å². The molecule has 21 heavy (non-hydrogen) atoms. The van der Waals surface area contributed by atoms with Crippen molar-refractivity contribution < 1.29 is 5.11 Å². The van der Waals surface area contributed by atoms with Crippen LogP contribution in [0.2, 0.25) is 0 Å². The van der Waals surface area contributed by atoms with Crippen molar-refractivity contribution >= 4 is 22.6 Å². The van der Waals surface area contributed by atoms with E-state index in [2.05, 4.69) is 48.6 Å². The van der Waals surface area contributed by atoms with Crippen LogP contribution in [0.4, 0.5) is 0 Å². The van der Waals surface area contributed by atoms with Gasteiger partial charge >= 0.3 is 0 Å². The summed E-state index contributed by atoms with van der Waals surface area (Å²) in [5.74, 6) is 2.60. The summed E-state index contributed by atoms with van der Waals surface area (Å²) in [4.78, 5) is 0. The first-order valence-electron chi connectivity index (χ1n) is 8.69. The van der Waals surface area contributed by atoms with E-state index < -0.39 is 0 Å². The smallest absolute Gasteiger partial charge is 0.0577 e. The first kappa shape index (κ1) is 14.7. The number of aliphatic hydroxyl groups excluding tert-OH is 1. The minimum Gasteiger partial charge on any atom is -0.393 e. The Morgan fingerprint density at radius 3 is 2.62 bits per heavy atom. The van der Waals surface area contributed by atoms with E-state index in [0.29, 0.717) is 10.8 Å². The Morgan fingerprint density at radius 2 is 1.81 bits per heavy atom. The van der Waals surface area contributed by atoms with Crippen LogP contribution < -0.4 is 0 Å². The fraction of sp³-hybridized carbons (Fsp3) is 0.789. The van der Waals surface area contributed by atoms with E-state index in [1.165, 1.54) is 32.1 Å². The highest BCUT2D eigenvalue weighted by molar-refractivity contribution is 14.1. The number of rotatable bonds is 0. The summed E-state index contributed by atoms with van der Waals surface area (Å²) in [6, 6.07) is 0. The van der Waals surface area contributed by atoms with E-state index in [4.69, 9.17) is 0 Å². The van der Waals surface area contributed by atoms with Gasteiger partial charge in [-0.25, -0.2) is 0 Å². The Hall–Kier alpha value is 0.170. The maximum Gasteiger partial charge on any atom is 0.0577 e. The van der Waals surface area contributed by atoms with Crippen LogP contribution in [0.3, 0.4) is 0 Å². The molecule has 0 radical (unpaired) electrons. The lowest BCUT2D eigenvalue weighted by Crippen LogP contribution is -2.49. The molecule has 6 atom stereocenters. The van der Waals surface area contributed by atoms with Crippen molar-refractivity contribution in [1.29, 1.82) is 0 Å². The maximum absolute atomic E-state index is 10.0. The largest absolute Gasteiger partial charge is 0.393 e. The van der Waals surface area contributed by atoms with Crippen LogP contribution in [0.15, 0.2) is 21.3 Å². The zero-order valence-corrected chi connectivity index (χ0v) is 15.4. The quantitative estimate of drug-likeness (QED) is 0.437. The Morgan fingerprint density at radius 1 is 1.05 bits per heavy atom. The van der Waals surface area contributed by atoms with Gasteiger partial charge in [0.1, 0.15) is 0 Å². The topological polar surface area (TPSA) is 20.2 Å². The number of halogens is 1. The van der Waals surface area contributed by atoms with Crippen molar-refractivity contribution in [3.63, 3.8) is 0 Å². The molecule has 2 fully saturated rings. The molecular formula is C19H27IO. The molecule has 0 aromatic carbocycles. The van der Waals surface area contributed by atoms with Gasteiger partial charge < -0.3 is 5.11 Å². The van der Waals surface area contributed by atoms with Gasteiger partial charge in [-0.3, -0.25) is 0 Å². The molecule has 1 nitrogen and oxygen atoms in total. The number of hydrogen-bond donors (Lipinski definition) is 1. The monoisotopic (exact) mass is 398 g/mol. The number of fused-ring (bicyclic) bond motifs is 5. The van der Waals surface area contributed by atoms with Crippen LogP contribution >= 0.6 is 22.6 Å². The molecule has 1 N–H and O–H groups in total. The van der Waals surface area contributed by atoms with Crippen molar-refractivity contribution in [2.75, 3.05) is 0 Å². The molecule has 2 saturated carbocycles. The van der Waals surface area contributed by atoms with E-state index in [9.17, 15) is 5.11 Å². The lowest BCUT2D eigenvalue weighted by atomic mass is 9.48. The summed E-state index contributed by atoms with van der Waals surface area (Å²) in [7, 11) is 0. The Bertz CT molecular complexity index is 522. The minimum absolute atomic E-state index is 0.0798. The van der Waals surface area contributed by atoms with Crippen LogP contribution in [0, 0.1) is 28.6 Å². The van der Waals surface area contributed by atoms with Gasteiger partial charge in [-0.2, -0.15) is 0 Å². The molecule has 4 rings (SSSR count). The van der Waals surface area contributed by atoms with Gasteiger partial charge in [-0.1, -0.05) is 31.6 Å². The highest BCUT2D eigenvalue weighted by Crippen LogP contribution is 2.65. The summed E-state index contributed by atoms with van der Waals surface area (Å²) in [6.45, 7) is 5.03. The van der Waals surface area contributed by atoms with E-state index >= 15 is 0 Å². The van der Waals surface area contributed by atoms with Crippen molar-refractivity contribution in [1.82, 2.24) is 0 Å². The molecule has 4 aliphatic rings. The number of allylic oxidation sites excluding steroid dienone is 3. The molecule has 0 aromatic heterocycles. The third-order valence-corrected chi connectivity index (χ3v) is 9.24. The van der Waals surface area contributed by atoms with Gasteiger partial charge in [0.2, 0.25) is 0 Å². The van der Waals surface area contributed by atoms with Crippen LogP contribution in [0.5, 0.6) is 0 Å². The van der Waals surface area contributed by atoms with Gasteiger partial charge in [-0.15, -0.1) is 0 Å². The fourth-order valence-corrected chi connectivity index (χ4v) is 7.08. The lowest BCUT2D eigenvalue weighted by molar-refractivity contribution is -0.0268. The first-order chi connectivity index (χ1) is 9.95. The summed E-state index contributed by atoms with van der Waals surface area (Å²) < 4.78 is 1.63. The van der Waals surface area contributed by atoms with Crippen LogP contribution in [0.25, 0.3) is 0 Å². The molecule has 3 unspecified atom stereocenters. The first-order valence-corrected chi connectivity index (χ1v) is 9.77. The molecule has 4 aliphatic carbocycles. The molecule has 0 bridgehead atoms. The van der Waals surface area contributed by atoms with Gasteiger partial charge in [0, 0.05) is 5.41 Å². The van der Waals surface area contributed by atoms with E-state index in [1.54, 1.807) is 9.15 Å². The Labute approximate surface area is 142 Å². The second kappa shape index (κ2) is 4.83. The van der Waals surface area contributed by atoms with Crippen LogP contribution in [-0.4, -0.2) is 11.2 Å². The maximum atomic E-state index is 10.0. The zero-order valence-electron chi connectivity index (χ0n) is 13.2. The Balaban J connectivity index is 1.68. The van der Waals surface area contributed by atoms with Gasteiger partial charge in [0.05, 0.1) is 6.10 Å². The highest BCUT2D eigenvalue weighted by atomic mass is 127. The molecule has 0 saturated heterocycles. The summed E-state index contributed by atoms with van der Waals surface area (Å²) in [5, 5.41) is 10.0. The van der Waals surface area contributed by atoms with Crippen molar-refractivity contribution in [3.05, 3.63) is 21.3 Å². The molecule has 0 aliphatic heterocycles. The van der Waals surface area contributed by atoms with Gasteiger partial charge in [0.25, 0.3) is 0 Å². The lowest BCUT2D eigenvalue weighted by Gasteiger charge is -2.57. The summed E-state index contributed by atoms with van der Waals surface area (Å²) in [6.07, 6.45) is 13.4. The summed E-state index contributed by atoms with van der Waals surface area (Å²) >= 11 is 2.60. The predicted octanol–water partition coefficient (Wildman–Crippen LogP) is 5.24. The second-order valence-electron chi connectivity index (χ2n) is 8.40. The molecule has 0 amide bonds. The standard InChI is InChI=1S/C19H27IO/c1-18-9-7-13(21)11-12(18)3-4-14-15-5-6-17(20)19(15,2)10-8-16(14)18/h3,6,13-16,21H,4-5,7-11H2,1-2H3/t13-,14?,15?,16?,18-,19-/m0/s1. The average molecular weight is 398 g/mol. The van der Waals surface area contributed by atoms with Crippen LogP contribution in [-0.2, 0) is 0 Å². The highest BCUT2D eigenvalue weighted by Gasteiger charge is 2.56. The summed E-state index contributed by atoms with van der Waals surface area (Å²) in [5.41, 5.74) is 2.45. The molecule has 2 heteroatoms. The number of hydrogen-bond acceptors (Lipinski definition) is 1. The van der Waals surface area contributed by atoms with Gasteiger partial charge in [0.15, 0.2) is 0 Å². The van der Waals surface area contributed by atoms with Crippen molar-refractivity contribution in [2.24, 2.45) is 28.6 Å². The average Bonchev–Trinajstić information content (AvgIpc) is 2.76. The molecular weight excluding hydrogens is 371 g/mol. The van der Waals surface area contributed by atoms with E-state index in [-0.39, 0.29) is 6.10 Å². The molecule has 116 valence electrons. The minimum atomic E-state index is -0.0798. The van der Waals surface area contributed by atoms with Crippen molar-refractivity contribution in [3.8, 4) is 0 Å². The number of aliphatic hydroxyl groups is 1. The fourth-order valence-electron chi connectivity index (χ4n) is 6.16. The van der Waals surface area contributed by atoms with E-state index in [1.807, 2.05) is 0 Å². The molecule has 0 spiro atoms. The SMILES string of the molecule is C[C@]12CC[C@H](O)CC1=CCC1C2CC[C@]2(C)C(I)=CCC12. The molecule has 0 aromatic rings. The third-order valence-electron chi connectivity index (χ3n) is 7.56. The van der Waals surface area contributed by atoms with Crippen LogP contribution in [0.1, 0.15) is 58.8 Å². The zero-order chi connectivity index (χ0) is 14.8. The Kier molecular flexibility index (Phi) is 3.39.